The van der Waals surface area contributed by atoms with Gasteiger partial charge in [-0.1, -0.05) is 72.1 Å². The molecule has 1 N–H and O–H groups in total. The Hall–Kier alpha value is -2.69. The minimum atomic E-state index is -0.231. The lowest BCUT2D eigenvalue weighted by atomic mass is 9.89. The van der Waals surface area contributed by atoms with E-state index in [0.717, 1.165) is 48.3 Å². The Morgan fingerprint density at radius 1 is 1.03 bits per heavy atom. The molecule has 1 saturated heterocycles. The molecule has 0 saturated carbocycles. The molecule has 1 aliphatic heterocycles. The predicted molar refractivity (Wildman–Crippen MR) is 154 cm³/mol. The monoisotopic (exact) mass is 518 g/mol. The molecule has 0 bridgehead atoms. The maximum Gasteiger partial charge on any atom is 0.142 e. The van der Waals surface area contributed by atoms with Crippen LogP contribution in [0.3, 0.4) is 0 Å². The van der Waals surface area contributed by atoms with Gasteiger partial charge in [0, 0.05) is 49.2 Å². The van der Waals surface area contributed by atoms with Crippen LogP contribution in [0.1, 0.15) is 91.4 Å². The Kier molecular flexibility index (Phi) is 9.98. The molecule has 1 fully saturated rings. The second-order valence-corrected chi connectivity index (χ2v) is 12.2. The fourth-order valence-electron chi connectivity index (χ4n) is 5.36. The number of nitrogens with zero attached hydrogens (tertiary/aromatic N) is 5. The van der Waals surface area contributed by atoms with Gasteiger partial charge in [0.15, 0.2) is 0 Å². The van der Waals surface area contributed by atoms with E-state index in [0.29, 0.717) is 18.6 Å². The van der Waals surface area contributed by atoms with Gasteiger partial charge < -0.3 is 14.6 Å². The normalized spacial score (nSPS) is 15.0. The van der Waals surface area contributed by atoms with E-state index in [4.69, 9.17) is 4.74 Å². The topological polar surface area (TPSA) is 80.7 Å². The van der Waals surface area contributed by atoms with Crippen LogP contribution in [0.25, 0.3) is 22.2 Å². The summed E-state index contributed by atoms with van der Waals surface area (Å²) in [7, 11) is 0. The van der Waals surface area contributed by atoms with Crippen molar-refractivity contribution in [3.05, 3.63) is 36.9 Å². The molecule has 0 aromatic carbocycles. The Morgan fingerprint density at radius 2 is 1.74 bits per heavy atom. The van der Waals surface area contributed by atoms with Crippen molar-refractivity contribution < 1.29 is 4.74 Å². The van der Waals surface area contributed by atoms with Crippen LogP contribution in [0.2, 0.25) is 0 Å². The highest BCUT2D eigenvalue weighted by Crippen LogP contribution is 2.31. The van der Waals surface area contributed by atoms with Crippen LogP contribution in [-0.4, -0.2) is 39.0 Å². The minimum absolute atomic E-state index is 0.231. The van der Waals surface area contributed by atoms with E-state index in [1.165, 1.54) is 57.8 Å². The van der Waals surface area contributed by atoms with Crippen LogP contribution in [0, 0.1) is 16.7 Å². The average Bonchev–Trinajstić information content (AvgIpc) is 3.51. The minimum Gasteiger partial charge on any atom is -0.361 e. The Bertz CT molecular complexity index is 1180. The van der Waals surface area contributed by atoms with E-state index < -0.39 is 0 Å². The predicted octanol–water partition coefficient (Wildman–Crippen LogP) is 7.03. The number of pyridine rings is 1. The van der Waals surface area contributed by atoms with Crippen LogP contribution in [0.5, 0.6) is 0 Å². The lowest BCUT2D eigenvalue weighted by molar-refractivity contribution is 0.0763. The van der Waals surface area contributed by atoms with Crippen molar-refractivity contribution in [1.82, 2.24) is 24.6 Å². The molecule has 3 aromatic rings. The first-order valence-corrected chi connectivity index (χ1v) is 14.6. The zero-order valence-electron chi connectivity index (χ0n) is 23.7. The van der Waals surface area contributed by atoms with Gasteiger partial charge in [-0.25, -0.2) is 4.98 Å². The number of unbranched alkanes of at least 4 members (excludes halogenated alkanes) is 8. The van der Waals surface area contributed by atoms with E-state index in [2.05, 4.69) is 65.3 Å². The van der Waals surface area contributed by atoms with E-state index in [1.807, 2.05) is 23.1 Å². The summed E-state index contributed by atoms with van der Waals surface area (Å²) in [4.78, 5) is 4.63. The molecule has 0 atom stereocenters. The van der Waals surface area contributed by atoms with Gasteiger partial charge in [0.05, 0.1) is 18.7 Å². The van der Waals surface area contributed by atoms with Gasteiger partial charge in [-0.15, -0.1) is 0 Å². The largest absolute Gasteiger partial charge is 0.361 e. The van der Waals surface area contributed by atoms with Crippen LogP contribution < -0.4 is 5.32 Å². The highest BCUT2D eigenvalue weighted by molar-refractivity contribution is 5.92. The lowest BCUT2D eigenvalue weighted by Crippen LogP contribution is -2.60. The van der Waals surface area contributed by atoms with Crippen molar-refractivity contribution in [3.8, 4) is 17.2 Å². The summed E-state index contributed by atoms with van der Waals surface area (Å²) in [5.41, 5.74) is 3.33. The summed E-state index contributed by atoms with van der Waals surface area (Å²) >= 11 is 0. The van der Waals surface area contributed by atoms with Gasteiger partial charge in [0.2, 0.25) is 0 Å². The highest BCUT2D eigenvalue weighted by Gasteiger charge is 2.39. The second kappa shape index (κ2) is 13.4. The van der Waals surface area contributed by atoms with Gasteiger partial charge in [0.25, 0.3) is 0 Å². The molecule has 206 valence electrons. The molecule has 0 unspecified atom stereocenters. The molecule has 7 nitrogen and oxygen atoms in total. The van der Waals surface area contributed by atoms with Gasteiger partial charge in [-0.05, 0) is 36.0 Å². The standard InChI is InChI=1S/C31H46N6O/c1-30(2,3)15-11-9-7-5-4-6-8-10-12-20-38-25-36-19-14-28-27(13-18-34-29(28)36)26-21-35-37(22-26)31(16-17-32)23-33-24-31/h13-14,18-19,21-22,33H,4-12,15-16,20,23-25H2,1-3H3. The van der Waals surface area contributed by atoms with Gasteiger partial charge >= 0.3 is 0 Å². The number of nitrogens with one attached hydrogen (secondary N) is 1. The van der Waals surface area contributed by atoms with Crippen molar-refractivity contribution in [3.63, 3.8) is 0 Å². The summed E-state index contributed by atoms with van der Waals surface area (Å²) < 4.78 is 10.0. The van der Waals surface area contributed by atoms with Crippen molar-refractivity contribution >= 4 is 11.0 Å². The number of rotatable bonds is 16. The Morgan fingerprint density at radius 3 is 2.39 bits per heavy atom. The molecule has 0 radical (unpaired) electrons. The highest BCUT2D eigenvalue weighted by atomic mass is 16.5. The Labute approximate surface area is 228 Å². The molecule has 0 aliphatic carbocycles. The molecule has 3 aromatic heterocycles. The van der Waals surface area contributed by atoms with Gasteiger partial charge in [0.1, 0.15) is 17.9 Å². The van der Waals surface area contributed by atoms with Crippen LogP contribution in [0.15, 0.2) is 36.9 Å². The third-order valence-electron chi connectivity index (χ3n) is 7.80. The van der Waals surface area contributed by atoms with E-state index in [-0.39, 0.29) is 5.54 Å². The van der Waals surface area contributed by atoms with Crippen molar-refractivity contribution in [2.75, 3.05) is 19.7 Å². The number of hydrogen-bond donors (Lipinski definition) is 1. The molecule has 4 heterocycles. The zero-order valence-corrected chi connectivity index (χ0v) is 23.7. The maximum atomic E-state index is 9.26. The number of aromatic nitrogens is 4. The third kappa shape index (κ3) is 7.45. The smallest absolute Gasteiger partial charge is 0.142 e. The second-order valence-electron chi connectivity index (χ2n) is 12.2. The number of nitriles is 1. The maximum absolute atomic E-state index is 9.26. The molecule has 0 spiro atoms. The van der Waals surface area contributed by atoms with Crippen molar-refractivity contribution in [2.45, 2.75) is 104 Å². The molecular formula is C31H46N6O. The summed E-state index contributed by atoms with van der Waals surface area (Å²) in [5, 5.41) is 18.2. The molecule has 7 heteroatoms. The summed E-state index contributed by atoms with van der Waals surface area (Å²) in [6.45, 7) is 9.87. The van der Waals surface area contributed by atoms with Gasteiger partial charge in [-0.3, -0.25) is 4.68 Å². The number of hydrogen-bond acceptors (Lipinski definition) is 5. The summed E-state index contributed by atoms with van der Waals surface area (Å²) in [6, 6.07) is 6.46. The summed E-state index contributed by atoms with van der Waals surface area (Å²) in [5.74, 6) is 0. The van der Waals surface area contributed by atoms with Crippen molar-refractivity contribution in [1.29, 1.82) is 5.26 Å². The molecule has 4 rings (SSSR count). The van der Waals surface area contributed by atoms with Gasteiger partial charge in [-0.2, -0.15) is 10.4 Å². The van der Waals surface area contributed by atoms with Crippen LogP contribution in [-0.2, 0) is 17.0 Å². The van der Waals surface area contributed by atoms with Crippen LogP contribution in [0.4, 0.5) is 0 Å². The molecule has 38 heavy (non-hydrogen) atoms. The van der Waals surface area contributed by atoms with E-state index in [9.17, 15) is 5.26 Å². The lowest BCUT2D eigenvalue weighted by Gasteiger charge is -2.41. The fraction of sp³-hybridized carbons (Fsp3) is 0.645. The third-order valence-corrected chi connectivity index (χ3v) is 7.80. The van der Waals surface area contributed by atoms with Crippen molar-refractivity contribution in [2.24, 2.45) is 5.41 Å². The van der Waals surface area contributed by atoms with E-state index in [1.54, 1.807) is 0 Å². The SMILES string of the molecule is CC(C)(C)CCCCCCCCCCCOCn1ccc2c(-c3cnn(C4(CC#N)CNC4)c3)ccnc21. The quantitative estimate of drug-likeness (QED) is 0.206. The molecular weight excluding hydrogens is 472 g/mol. The fourth-order valence-corrected chi connectivity index (χ4v) is 5.36. The summed E-state index contributed by atoms with van der Waals surface area (Å²) in [6.07, 6.45) is 21.6. The Balaban J connectivity index is 1.16. The zero-order chi connectivity index (χ0) is 26.8. The van der Waals surface area contributed by atoms with E-state index >= 15 is 0 Å². The number of ether oxygens (including phenoxy) is 1. The number of fused-ring (bicyclic) bond motifs is 1. The van der Waals surface area contributed by atoms with Crippen LogP contribution >= 0.6 is 0 Å². The first-order valence-electron chi connectivity index (χ1n) is 14.6. The first-order chi connectivity index (χ1) is 18.4. The molecule has 0 amide bonds. The average molecular weight is 519 g/mol. The first kappa shape index (κ1) is 28.3. The molecule has 1 aliphatic rings.